The Bertz CT molecular complexity index is 1060. The number of aryl methyl sites for hydroxylation is 1. The van der Waals surface area contributed by atoms with E-state index in [-0.39, 0.29) is 22.4 Å². The maximum Gasteiger partial charge on any atom is 0.256 e. The Hall–Kier alpha value is -3.35. The first-order chi connectivity index (χ1) is 12.3. The zero-order chi connectivity index (χ0) is 19.0. The van der Waals surface area contributed by atoms with E-state index in [2.05, 4.69) is 10.3 Å². The number of nitrogens with one attached hydrogen (secondary N) is 1. The van der Waals surface area contributed by atoms with Crippen LogP contribution in [0.2, 0.25) is 0 Å². The van der Waals surface area contributed by atoms with Crippen molar-refractivity contribution in [2.24, 2.45) is 5.73 Å². The van der Waals surface area contributed by atoms with Crippen molar-refractivity contribution in [1.29, 1.82) is 0 Å². The number of carbonyl (C=O) groups is 2. The fourth-order valence-electron chi connectivity index (χ4n) is 2.66. The van der Waals surface area contributed by atoms with Gasteiger partial charge in [0, 0.05) is 34.0 Å². The SMILES string of the molecule is Cc1cc(C(=O)Nc2cc(C(N)=O)cc(F)c2C)c2ccc(F)cc2n1. The summed E-state index contributed by atoms with van der Waals surface area (Å²) < 4.78 is 27.4. The Morgan fingerprint density at radius 3 is 2.50 bits per heavy atom. The van der Waals surface area contributed by atoms with Crippen molar-refractivity contribution in [1.82, 2.24) is 4.98 Å². The van der Waals surface area contributed by atoms with Gasteiger partial charge >= 0.3 is 0 Å². The number of nitrogens with zero attached hydrogens (tertiary/aromatic N) is 1. The van der Waals surface area contributed by atoms with Gasteiger partial charge in [-0.25, -0.2) is 8.78 Å². The molecule has 3 N–H and O–H groups in total. The van der Waals surface area contributed by atoms with Gasteiger partial charge in [0.15, 0.2) is 0 Å². The summed E-state index contributed by atoms with van der Waals surface area (Å²) in [6.07, 6.45) is 0. The predicted octanol–water partition coefficient (Wildman–Crippen LogP) is 3.48. The van der Waals surface area contributed by atoms with Crippen LogP contribution in [0.4, 0.5) is 14.5 Å². The summed E-state index contributed by atoms with van der Waals surface area (Å²) in [4.78, 5) is 28.3. The number of hydrogen-bond acceptors (Lipinski definition) is 3. The van der Waals surface area contributed by atoms with Crippen LogP contribution in [0.25, 0.3) is 10.9 Å². The first-order valence-corrected chi connectivity index (χ1v) is 7.74. The van der Waals surface area contributed by atoms with Crippen LogP contribution in [0.15, 0.2) is 36.4 Å². The highest BCUT2D eigenvalue weighted by Gasteiger charge is 2.16. The minimum absolute atomic E-state index is 0.0544. The molecule has 3 aromatic rings. The summed E-state index contributed by atoms with van der Waals surface area (Å²) in [5.74, 6) is -2.46. The molecule has 0 bridgehead atoms. The van der Waals surface area contributed by atoms with Crippen LogP contribution in [0.5, 0.6) is 0 Å². The molecule has 0 saturated carbocycles. The normalized spacial score (nSPS) is 10.8. The second-order valence-corrected chi connectivity index (χ2v) is 5.92. The Morgan fingerprint density at radius 2 is 1.81 bits per heavy atom. The lowest BCUT2D eigenvalue weighted by Gasteiger charge is -2.12. The van der Waals surface area contributed by atoms with Crippen molar-refractivity contribution in [3.63, 3.8) is 0 Å². The zero-order valence-corrected chi connectivity index (χ0v) is 14.1. The van der Waals surface area contributed by atoms with E-state index in [0.29, 0.717) is 16.6 Å². The van der Waals surface area contributed by atoms with E-state index in [1.165, 1.54) is 31.2 Å². The summed E-state index contributed by atoms with van der Waals surface area (Å²) in [5.41, 5.74) is 6.57. The van der Waals surface area contributed by atoms with Crippen LogP contribution in [-0.2, 0) is 0 Å². The van der Waals surface area contributed by atoms with Crippen molar-refractivity contribution in [3.05, 3.63) is 70.4 Å². The molecule has 0 saturated heterocycles. The smallest absolute Gasteiger partial charge is 0.256 e. The van der Waals surface area contributed by atoms with Gasteiger partial charge in [0.2, 0.25) is 5.91 Å². The fraction of sp³-hybridized carbons (Fsp3) is 0.105. The van der Waals surface area contributed by atoms with Crippen LogP contribution in [0, 0.1) is 25.5 Å². The molecule has 2 aromatic carbocycles. The molecule has 7 heteroatoms. The van der Waals surface area contributed by atoms with E-state index in [4.69, 9.17) is 5.73 Å². The Morgan fingerprint density at radius 1 is 1.08 bits per heavy atom. The number of rotatable bonds is 3. The molecular formula is C19H15F2N3O2. The minimum Gasteiger partial charge on any atom is -0.366 e. The molecular weight excluding hydrogens is 340 g/mol. The molecule has 132 valence electrons. The van der Waals surface area contributed by atoms with Gasteiger partial charge in [-0.15, -0.1) is 0 Å². The second kappa shape index (κ2) is 6.51. The van der Waals surface area contributed by atoms with Crippen LogP contribution in [0.3, 0.4) is 0 Å². The van der Waals surface area contributed by atoms with E-state index in [1.54, 1.807) is 13.0 Å². The minimum atomic E-state index is -0.805. The molecule has 5 nitrogen and oxygen atoms in total. The Labute approximate surface area is 147 Å². The number of fused-ring (bicyclic) bond motifs is 1. The second-order valence-electron chi connectivity index (χ2n) is 5.92. The molecule has 0 aliphatic heterocycles. The highest BCUT2D eigenvalue weighted by molar-refractivity contribution is 6.13. The molecule has 2 amide bonds. The molecule has 0 unspecified atom stereocenters. The third kappa shape index (κ3) is 3.23. The third-order valence-corrected chi connectivity index (χ3v) is 4.02. The van der Waals surface area contributed by atoms with Gasteiger partial charge in [-0.1, -0.05) is 0 Å². The molecule has 0 aliphatic carbocycles. The van der Waals surface area contributed by atoms with Crippen molar-refractivity contribution in [2.45, 2.75) is 13.8 Å². The molecule has 0 aliphatic rings. The van der Waals surface area contributed by atoms with Gasteiger partial charge in [-0.05, 0) is 44.2 Å². The zero-order valence-electron chi connectivity index (χ0n) is 14.1. The molecule has 26 heavy (non-hydrogen) atoms. The molecule has 0 fully saturated rings. The molecule has 0 radical (unpaired) electrons. The standard InChI is InChI=1S/C19H15F2N3O2/c1-9-5-14(13-4-3-12(20)8-17(13)23-9)19(26)24-16-7-11(18(22)25)6-15(21)10(16)2/h3-8H,1-2H3,(H2,22,25)(H,24,26). The van der Waals surface area contributed by atoms with Crippen molar-refractivity contribution < 1.29 is 18.4 Å². The van der Waals surface area contributed by atoms with Gasteiger partial charge in [0.1, 0.15) is 11.6 Å². The van der Waals surface area contributed by atoms with Gasteiger partial charge in [0.05, 0.1) is 11.1 Å². The number of benzene rings is 2. The van der Waals surface area contributed by atoms with Gasteiger partial charge < -0.3 is 11.1 Å². The van der Waals surface area contributed by atoms with E-state index < -0.39 is 23.4 Å². The topological polar surface area (TPSA) is 85.1 Å². The quantitative estimate of drug-likeness (QED) is 0.754. The van der Waals surface area contributed by atoms with Crippen LogP contribution in [-0.4, -0.2) is 16.8 Å². The summed E-state index contributed by atoms with van der Waals surface area (Å²) in [6.45, 7) is 3.15. The van der Waals surface area contributed by atoms with Crippen molar-refractivity contribution in [3.8, 4) is 0 Å². The number of halogens is 2. The number of hydrogen-bond donors (Lipinski definition) is 2. The van der Waals surface area contributed by atoms with Crippen LogP contribution >= 0.6 is 0 Å². The predicted molar refractivity (Wildman–Crippen MR) is 94.0 cm³/mol. The maximum atomic E-state index is 14.0. The average Bonchev–Trinajstić information content (AvgIpc) is 2.57. The maximum absolute atomic E-state index is 14.0. The van der Waals surface area contributed by atoms with Crippen LogP contribution in [0.1, 0.15) is 32.0 Å². The van der Waals surface area contributed by atoms with Gasteiger partial charge in [0.25, 0.3) is 5.91 Å². The number of pyridine rings is 1. The number of anilines is 1. The molecule has 3 rings (SSSR count). The van der Waals surface area contributed by atoms with E-state index >= 15 is 0 Å². The number of nitrogens with two attached hydrogens (primary N) is 1. The van der Waals surface area contributed by atoms with E-state index in [9.17, 15) is 18.4 Å². The number of carbonyl (C=O) groups excluding carboxylic acids is 2. The molecule has 0 spiro atoms. The summed E-state index contributed by atoms with van der Waals surface area (Å²) in [5, 5.41) is 3.05. The summed E-state index contributed by atoms with van der Waals surface area (Å²) >= 11 is 0. The lowest BCUT2D eigenvalue weighted by Crippen LogP contribution is -2.17. The monoisotopic (exact) mass is 355 g/mol. The highest BCUT2D eigenvalue weighted by Crippen LogP contribution is 2.24. The summed E-state index contributed by atoms with van der Waals surface area (Å²) in [6, 6.07) is 7.81. The van der Waals surface area contributed by atoms with Crippen molar-refractivity contribution >= 4 is 28.4 Å². The molecule has 0 atom stereocenters. The Balaban J connectivity index is 2.07. The Kier molecular flexibility index (Phi) is 4.38. The number of aromatic nitrogens is 1. The fourth-order valence-corrected chi connectivity index (χ4v) is 2.66. The average molecular weight is 355 g/mol. The van der Waals surface area contributed by atoms with Gasteiger partial charge in [-0.2, -0.15) is 0 Å². The number of primary amides is 1. The van der Waals surface area contributed by atoms with E-state index in [0.717, 1.165) is 6.07 Å². The lowest BCUT2D eigenvalue weighted by atomic mass is 10.1. The lowest BCUT2D eigenvalue weighted by molar-refractivity contribution is 0.0996. The summed E-state index contributed by atoms with van der Waals surface area (Å²) in [7, 11) is 0. The highest BCUT2D eigenvalue weighted by atomic mass is 19.1. The number of amides is 2. The molecule has 1 aromatic heterocycles. The largest absolute Gasteiger partial charge is 0.366 e. The third-order valence-electron chi connectivity index (χ3n) is 4.02. The first-order valence-electron chi connectivity index (χ1n) is 7.74. The van der Waals surface area contributed by atoms with Crippen LogP contribution < -0.4 is 11.1 Å². The molecule has 1 heterocycles. The van der Waals surface area contributed by atoms with Crippen molar-refractivity contribution in [2.75, 3.05) is 5.32 Å². The van der Waals surface area contributed by atoms with Gasteiger partial charge in [-0.3, -0.25) is 14.6 Å². The first kappa shape index (κ1) is 17.5. The van der Waals surface area contributed by atoms with E-state index in [1.807, 2.05) is 0 Å².